The maximum absolute atomic E-state index is 12.9. The number of amides is 3. The third-order valence-corrected chi connectivity index (χ3v) is 5.56. The third kappa shape index (κ3) is 4.43. The van der Waals surface area contributed by atoms with Crippen molar-refractivity contribution in [3.05, 3.63) is 71.5 Å². The Hall–Kier alpha value is -3.26. The zero-order chi connectivity index (χ0) is 20.1. The Labute approximate surface area is 173 Å². The molecule has 0 atom stereocenters. The summed E-state index contributed by atoms with van der Waals surface area (Å²) in [6, 6.07) is 13.5. The van der Waals surface area contributed by atoms with Crippen molar-refractivity contribution in [3.8, 4) is 10.6 Å². The Kier molecular flexibility index (Phi) is 5.81. The standard InChI is InChI=1S/C21H21N5O2S/c27-20(18-15-29-19(24-18)17-8-4-10-22-14-17)25-12-5-13-26(25)21(28)23-11-9-16-6-2-1-3-7-16/h1-4,6-8,10,14-15H,5,9,11-13H2,(H,23,28). The number of nitrogens with zero attached hydrogens (tertiary/aromatic N) is 4. The number of carbonyl (C=O) groups excluding carboxylic acids is 2. The van der Waals surface area contributed by atoms with E-state index in [1.807, 2.05) is 42.5 Å². The Morgan fingerprint density at radius 1 is 1.07 bits per heavy atom. The first-order valence-electron chi connectivity index (χ1n) is 9.49. The summed E-state index contributed by atoms with van der Waals surface area (Å²) in [6.45, 7) is 1.54. The van der Waals surface area contributed by atoms with Gasteiger partial charge in [0.2, 0.25) is 0 Å². The number of pyridine rings is 1. The molecular formula is C21H21N5O2S. The summed E-state index contributed by atoms with van der Waals surface area (Å²) in [6.07, 6.45) is 4.91. The predicted molar refractivity (Wildman–Crippen MR) is 111 cm³/mol. The zero-order valence-electron chi connectivity index (χ0n) is 15.8. The van der Waals surface area contributed by atoms with Gasteiger partial charge in [-0.1, -0.05) is 30.3 Å². The van der Waals surface area contributed by atoms with Crippen LogP contribution in [0.5, 0.6) is 0 Å². The van der Waals surface area contributed by atoms with Gasteiger partial charge >= 0.3 is 6.03 Å². The topological polar surface area (TPSA) is 78.4 Å². The van der Waals surface area contributed by atoms with Crippen molar-refractivity contribution >= 4 is 23.3 Å². The maximum Gasteiger partial charge on any atom is 0.336 e. The molecule has 0 aliphatic carbocycles. The molecule has 1 fully saturated rings. The monoisotopic (exact) mass is 407 g/mol. The van der Waals surface area contributed by atoms with E-state index in [1.165, 1.54) is 21.4 Å². The smallest absolute Gasteiger partial charge is 0.336 e. The maximum atomic E-state index is 12.9. The number of carbonyl (C=O) groups is 2. The number of benzene rings is 1. The number of rotatable bonds is 5. The van der Waals surface area contributed by atoms with Crippen LogP contribution in [0, 0.1) is 0 Å². The molecule has 0 unspecified atom stereocenters. The van der Waals surface area contributed by atoms with Crippen LogP contribution in [0.4, 0.5) is 4.79 Å². The molecule has 0 spiro atoms. The minimum absolute atomic E-state index is 0.255. The van der Waals surface area contributed by atoms with E-state index in [0.717, 1.165) is 29.0 Å². The summed E-state index contributed by atoms with van der Waals surface area (Å²) in [5, 5.41) is 8.34. The number of urea groups is 1. The van der Waals surface area contributed by atoms with Crippen molar-refractivity contribution in [3.63, 3.8) is 0 Å². The molecule has 0 bridgehead atoms. The van der Waals surface area contributed by atoms with Gasteiger partial charge in [-0.05, 0) is 30.5 Å². The Morgan fingerprint density at radius 2 is 1.90 bits per heavy atom. The van der Waals surface area contributed by atoms with Gasteiger partial charge in [-0.2, -0.15) is 0 Å². The highest BCUT2D eigenvalue weighted by Gasteiger charge is 2.32. The second-order valence-corrected chi connectivity index (χ2v) is 7.51. The largest absolute Gasteiger partial charge is 0.336 e. The minimum atomic E-state index is -0.257. The molecule has 2 aromatic heterocycles. The van der Waals surface area contributed by atoms with E-state index in [9.17, 15) is 9.59 Å². The first-order chi connectivity index (χ1) is 14.2. The first kappa shape index (κ1) is 19.1. The lowest BCUT2D eigenvalue weighted by Crippen LogP contribution is -2.49. The molecule has 1 aliphatic heterocycles. The van der Waals surface area contributed by atoms with E-state index in [4.69, 9.17) is 0 Å². The van der Waals surface area contributed by atoms with Crippen LogP contribution in [0.3, 0.4) is 0 Å². The van der Waals surface area contributed by atoms with E-state index >= 15 is 0 Å². The van der Waals surface area contributed by atoms with Gasteiger partial charge in [-0.25, -0.2) is 19.8 Å². The molecule has 3 heterocycles. The molecule has 3 amide bonds. The quantitative estimate of drug-likeness (QED) is 0.704. The average molecular weight is 407 g/mol. The summed E-state index contributed by atoms with van der Waals surface area (Å²) >= 11 is 1.39. The summed E-state index contributed by atoms with van der Waals surface area (Å²) in [5.74, 6) is -0.257. The molecule has 7 nitrogen and oxygen atoms in total. The molecule has 4 rings (SSSR count). The van der Waals surface area contributed by atoms with Gasteiger partial charge in [0.25, 0.3) is 5.91 Å². The molecular weight excluding hydrogens is 386 g/mol. The number of aromatic nitrogens is 2. The van der Waals surface area contributed by atoms with Crippen molar-refractivity contribution in [2.24, 2.45) is 0 Å². The van der Waals surface area contributed by atoms with Crippen LogP contribution in [-0.2, 0) is 6.42 Å². The van der Waals surface area contributed by atoms with Crippen molar-refractivity contribution in [1.29, 1.82) is 0 Å². The normalized spacial score (nSPS) is 13.5. The van der Waals surface area contributed by atoms with Gasteiger partial charge in [-0.15, -0.1) is 11.3 Å². The van der Waals surface area contributed by atoms with Gasteiger partial charge in [0.1, 0.15) is 10.7 Å². The molecule has 0 radical (unpaired) electrons. The van der Waals surface area contributed by atoms with Crippen LogP contribution in [0.1, 0.15) is 22.5 Å². The van der Waals surface area contributed by atoms with Gasteiger partial charge < -0.3 is 5.32 Å². The van der Waals surface area contributed by atoms with Crippen LogP contribution in [0.2, 0.25) is 0 Å². The van der Waals surface area contributed by atoms with E-state index in [1.54, 1.807) is 17.8 Å². The van der Waals surface area contributed by atoms with Crippen LogP contribution in [0.15, 0.2) is 60.2 Å². The summed E-state index contributed by atoms with van der Waals surface area (Å²) in [5.41, 5.74) is 2.37. The van der Waals surface area contributed by atoms with Crippen LogP contribution >= 0.6 is 11.3 Å². The highest BCUT2D eigenvalue weighted by atomic mass is 32.1. The number of nitrogens with one attached hydrogen (secondary N) is 1. The van der Waals surface area contributed by atoms with Gasteiger partial charge in [-0.3, -0.25) is 9.78 Å². The molecule has 148 valence electrons. The predicted octanol–water partition coefficient (Wildman–Crippen LogP) is 3.22. The molecule has 0 saturated carbocycles. The lowest BCUT2D eigenvalue weighted by molar-refractivity contribution is 0.0372. The molecule has 3 aromatic rings. The summed E-state index contributed by atoms with van der Waals surface area (Å²) in [4.78, 5) is 34.1. The van der Waals surface area contributed by atoms with E-state index in [0.29, 0.717) is 25.3 Å². The molecule has 8 heteroatoms. The van der Waals surface area contributed by atoms with Crippen LogP contribution in [-0.4, -0.2) is 51.6 Å². The number of hydrazine groups is 1. The highest BCUT2D eigenvalue weighted by Crippen LogP contribution is 2.24. The van der Waals surface area contributed by atoms with Crippen molar-refractivity contribution in [2.75, 3.05) is 19.6 Å². The zero-order valence-corrected chi connectivity index (χ0v) is 16.6. The van der Waals surface area contributed by atoms with Gasteiger partial charge in [0, 0.05) is 43.0 Å². The number of hydrogen-bond donors (Lipinski definition) is 1. The average Bonchev–Trinajstić information content (AvgIpc) is 3.45. The molecule has 1 aromatic carbocycles. The summed E-state index contributed by atoms with van der Waals surface area (Å²) in [7, 11) is 0. The number of hydrogen-bond acceptors (Lipinski definition) is 5. The Bertz CT molecular complexity index is 977. The lowest BCUT2D eigenvalue weighted by Gasteiger charge is -2.27. The fourth-order valence-corrected chi connectivity index (χ4v) is 3.99. The van der Waals surface area contributed by atoms with E-state index < -0.39 is 0 Å². The van der Waals surface area contributed by atoms with Crippen molar-refractivity contribution in [1.82, 2.24) is 25.3 Å². The van der Waals surface area contributed by atoms with Gasteiger partial charge in [0.05, 0.1) is 0 Å². The lowest BCUT2D eigenvalue weighted by atomic mass is 10.1. The third-order valence-electron chi connectivity index (χ3n) is 4.66. The second-order valence-electron chi connectivity index (χ2n) is 6.65. The minimum Gasteiger partial charge on any atom is -0.336 e. The van der Waals surface area contributed by atoms with E-state index in [2.05, 4.69) is 15.3 Å². The van der Waals surface area contributed by atoms with Gasteiger partial charge in [0.15, 0.2) is 0 Å². The second kappa shape index (κ2) is 8.83. The summed E-state index contributed by atoms with van der Waals surface area (Å²) < 4.78 is 0. The fourth-order valence-electron chi connectivity index (χ4n) is 3.21. The highest BCUT2D eigenvalue weighted by molar-refractivity contribution is 7.13. The van der Waals surface area contributed by atoms with Crippen molar-refractivity contribution < 1.29 is 9.59 Å². The SMILES string of the molecule is O=C(NCCc1ccccc1)N1CCCN1C(=O)c1csc(-c2cccnc2)n1. The Morgan fingerprint density at radius 3 is 2.69 bits per heavy atom. The molecule has 1 saturated heterocycles. The molecule has 29 heavy (non-hydrogen) atoms. The number of thiazole rings is 1. The first-order valence-corrected chi connectivity index (χ1v) is 10.4. The van der Waals surface area contributed by atoms with Crippen LogP contribution in [0.25, 0.3) is 10.6 Å². The van der Waals surface area contributed by atoms with Crippen molar-refractivity contribution in [2.45, 2.75) is 12.8 Å². The van der Waals surface area contributed by atoms with E-state index in [-0.39, 0.29) is 11.9 Å². The molecule has 1 N–H and O–H groups in total. The van der Waals surface area contributed by atoms with Crippen LogP contribution < -0.4 is 5.32 Å². The fraction of sp³-hybridized carbons (Fsp3) is 0.238. The Balaban J connectivity index is 1.38. The molecule has 1 aliphatic rings.